The predicted molar refractivity (Wildman–Crippen MR) is 64.2 cm³/mol. The van der Waals surface area contributed by atoms with Gasteiger partial charge in [0.25, 0.3) is 0 Å². The highest BCUT2D eigenvalue weighted by Gasteiger charge is 2.04. The summed E-state index contributed by atoms with van der Waals surface area (Å²) >= 11 is 7.12. The van der Waals surface area contributed by atoms with Crippen molar-refractivity contribution in [3.05, 3.63) is 47.4 Å². The molecule has 2 aromatic rings. The molecule has 16 heavy (non-hydrogen) atoms. The van der Waals surface area contributed by atoms with Crippen LogP contribution in [-0.2, 0) is 0 Å². The van der Waals surface area contributed by atoms with Crippen molar-refractivity contribution in [2.24, 2.45) is 0 Å². The third kappa shape index (κ3) is 2.65. The zero-order valence-corrected chi connectivity index (χ0v) is 9.73. The summed E-state index contributed by atoms with van der Waals surface area (Å²) in [5.41, 5.74) is 6.31. The molecule has 2 nitrogen and oxygen atoms in total. The van der Waals surface area contributed by atoms with E-state index < -0.39 is 0 Å². The maximum atomic E-state index is 12.7. The molecule has 0 aliphatic rings. The topological polar surface area (TPSA) is 38.9 Å². The Kier molecular flexibility index (Phi) is 3.31. The summed E-state index contributed by atoms with van der Waals surface area (Å²) in [6.07, 6.45) is 0. The molecule has 1 heterocycles. The quantitative estimate of drug-likeness (QED) is 0.832. The molecular weight excluding hydrogens is 247 g/mol. The van der Waals surface area contributed by atoms with Crippen molar-refractivity contribution in [3.8, 4) is 0 Å². The Labute approximate surface area is 102 Å². The van der Waals surface area contributed by atoms with Gasteiger partial charge in [0.2, 0.25) is 0 Å². The monoisotopic (exact) mass is 254 g/mol. The lowest BCUT2D eigenvalue weighted by Gasteiger charge is -2.04. The molecule has 0 aliphatic heterocycles. The molecule has 1 aromatic carbocycles. The van der Waals surface area contributed by atoms with E-state index in [9.17, 15) is 4.39 Å². The number of hydrogen-bond donors (Lipinski definition) is 1. The number of rotatable bonds is 2. The molecule has 0 bridgehead atoms. The summed E-state index contributed by atoms with van der Waals surface area (Å²) in [6, 6.07) is 9.45. The normalized spacial score (nSPS) is 10.4. The second-order valence-electron chi connectivity index (χ2n) is 3.08. The van der Waals surface area contributed by atoms with Crippen molar-refractivity contribution in [3.63, 3.8) is 0 Å². The van der Waals surface area contributed by atoms with Crippen LogP contribution in [0.1, 0.15) is 0 Å². The molecule has 0 amide bonds. The summed E-state index contributed by atoms with van der Waals surface area (Å²) in [5, 5.41) is 1.01. The minimum Gasteiger partial charge on any atom is -0.397 e. The molecule has 5 heteroatoms. The van der Waals surface area contributed by atoms with Gasteiger partial charge in [-0.3, -0.25) is 0 Å². The summed E-state index contributed by atoms with van der Waals surface area (Å²) in [5.74, 6) is -0.267. The van der Waals surface area contributed by atoms with E-state index >= 15 is 0 Å². The SMILES string of the molecule is Nc1ccc(Cl)nc1Sc1ccc(F)cc1. The van der Waals surface area contributed by atoms with Crippen LogP contribution >= 0.6 is 23.4 Å². The first-order valence-electron chi connectivity index (χ1n) is 4.50. The largest absolute Gasteiger partial charge is 0.397 e. The molecule has 1 aromatic heterocycles. The van der Waals surface area contributed by atoms with Crippen LogP contribution in [0.15, 0.2) is 46.3 Å². The van der Waals surface area contributed by atoms with Crippen LogP contribution in [0, 0.1) is 5.82 Å². The fourth-order valence-electron chi connectivity index (χ4n) is 1.12. The molecule has 0 spiro atoms. The van der Waals surface area contributed by atoms with Crippen LogP contribution in [0.3, 0.4) is 0 Å². The van der Waals surface area contributed by atoms with Gasteiger partial charge < -0.3 is 5.73 Å². The zero-order chi connectivity index (χ0) is 11.5. The zero-order valence-electron chi connectivity index (χ0n) is 8.15. The van der Waals surface area contributed by atoms with E-state index in [-0.39, 0.29) is 5.82 Å². The second kappa shape index (κ2) is 4.72. The van der Waals surface area contributed by atoms with E-state index in [2.05, 4.69) is 4.98 Å². The van der Waals surface area contributed by atoms with Crippen molar-refractivity contribution in [1.29, 1.82) is 0 Å². The minimum absolute atomic E-state index is 0.267. The number of anilines is 1. The Hall–Kier alpha value is -1.26. The number of benzene rings is 1. The lowest BCUT2D eigenvalue weighted by molar-refractivity contribution is 0.626. The highest BCUT2D eigenvalue weighted by molar-refractivity contribution is 7.99. The Morgan fingerprint density at radius 1 is 1.12 bits per heavy atom. The van der Waals surface area contributed by atoms with Crippen LogP contribution in [0.2, 0.25) is 5.15 Å². The fourth-order valence-corrected chi connectivity index (χ4v) is 2.15. The lowest BCUT2D eigenvalue weighted by Crippen LogP contribution is -1.91. The first-order valence-corrected chi connectivity index (χ1v) is 5.70. The highest BCUT2D eigenvalue weighted by atomic mass is 35.5. The Balaban J connectivity index is 2.26. The molecule has 0 radical (unpaired) electrons. The van der Waals surface area contributed by atoms with Gasteiger partial charge in [-0.1, -0.05) is 23.4 Å². The van der Waals surface area contributed by atoms with E-state index in [1.54, 1.807) is 24.3 Å². The molecule has 0 saturated heterocycles. The molecule has 2 N–H and O–H groups in total. The molecule has 0 saturated carbocycles. The third-order valence-electron chi connectivity index (χ3n) is 1.88. The smallest absolute Gasteiger partial charge is 0.130 e. The van der Waals surface area contributed by atoms with Crippen LogP contribution in [0.4, 0.5) is 10.1 Å². The first-order chi connectivity index (χ1) is 7.65. The van der Waals surface area contributed by atoms with Crippen LogP contribution in [-0.4, -0.2) is 4.98 Å². The van der Waals surface area contributed by atoms with Gasteiger partial charge in [-0.15, -0.1) is 0 Å². The van der Waals surface area contributed by atoms with Crippen LogP contribution in [0.5, 0.6) is 0 Å². The van der Waals surface area contributed by atoms with E-state index in [1.165, 1.54) is 23.9 Å². The number of aromatic nitrogens is 1. The second-order valence-corrected chi connectivity index (χ2v) is 4.53. The molecule has 82 valence electrons. The van der Waals surface area contributed by atoms with Crippen LogP contribution < -0.4 is 5.73 Å². The third-order valence-corrected chi connectivity index (χ3v) is 3.12. The van der Waals surface area contributed by atoms with Crippen molar-refractivity contribution in [1.82, 2.24) is 4.98 Å². The van der Waals surface area contributed by atoms with Gasteiger partial charge in [-0.25, -0.2) is 9.37 Å². The van der Waals surface area contributed by atoms with Gasteiger partial charge in [0.05, 0.1) is 5.69 Å². The van der Waals surface area contributed by atoms with Gasteiger partial charge in [0, 0.05) is 4.90 Å². The summed E-state index contributed by atoms with van der Waals surface area (Å²) in [6.45, 7) is 0. The van der Waals surface area contributed by atoms with Crippen molar-refractivity contribution >= 4 is 29.1 Å². The van der Waals surface area contributed by atoms with Gasteiger partial charge in [-0.05, 0) is 36.4 Å². The molecule has 0 aliphatic carbocycles. The number of nitrogens with zero attached hydrogens (tertiary/aromatic N) is 1. The average Bonchev–Trinajstić information content (AvgIpc) is 2.27. The standard InChI is InChI=1S/C11H8ClFN2S/c12-10-6-5-9(14)11(15-10)16-8-3-1-7(13)2-4-8/h1-6H,14H2. The van der Waals surface area contributed by atoms with Crippen molar-refractivity contribution < 1.29 is 4.39 Å². The van der Waals surface area contributed by atoms with Crippen molar-refractivity contribution in [2.45, 2.75) is 9.92 Å². The van der Waals surface area contributed by atoms with Gasteiger partial charge in [0.15, 0.2) is 0 Å². The van der Waals surface area contributed by atoms with E-state index in [0.717, 1.165) is 4.90 Å². The van der Waals surface area contributed by atoms with Gasteiger partial charge >= 0.3 is 0 Å². The highest BCUT2D eigenvalue weighted by Crippen LogP contribution is 2.31. The molecule has 0 fully saturated rings. The van der Waals surface area contributed by atoms with E-state index in [1.807, 2.05) is 0 Å². The molecule has 0 unspecified atom stereocenters. The van der Waals surface area contributed by atoms with Crippen LogP contribution in [0.25, 0.3) is 0 Å². The predicted octanol–water partition coefficient (Wildman–Crippen LogP) is 3.61. The molecule has 2 rings (SSSR count). The maximum absolute atomic E-state index is 12.7. The van der Waals surface area contributed by atoms with Crippen molar-refractivity contribution in [2.75, 3.05) is 5.73 Å². The average molecular weight is 255 g/mol. The summed E-state index contributed by atoms with van der Waals surface area (Å²) in [7, 11) is 0. The molecular formula is C11H8ClFN2S. The number of nitrogens with two attached hydrogens (primary N) is 1. The number of pyridine rings is 1. The Bertz CT molecular complexity index is 502. The lowest BCUT2D eigenvalue weighted by atomic mass is 10.4. The Morgan fingerprint density at radius 3 is 2.50 bits per heavy atom. The Morgan fingerprint density at radius 2 is 1.81 bits per heavy atom. The summed E-state index contributed by atoms with van der Waals surface area (Å²) in [4.78, 5) is 4.96. The minimum atomic E-state index is -0.267. The van der Waals surface area contributed by atoms with Gasteiger partial charge in [-0.2, -0.15) is 0 Å². The number of halogens is 2. The number of hydrogen-bond acceptors (Lipinski definition) is 3. The maximum Gasteiger partial charge on any atom is 0.130 e. The molecule has 0 atom stereocenters. The summed E-state index contributed by atoms with van der Waals surface area (Å²) < 4.78 is 12.7. The first kappa shape index (κ1) is 11.2. The van der Waals surface area contributed by atoms with Gasteiger partial charge in [0.1, 0.15) is 16.0 Å². The van der Waals surface area contributed by atoms with E-state index in [0.29, 0.717) is 15.9 Å². The number of nitrogen functional groups attached to an aromatic ring is 1. The van der Waals surface area contributed by atoms with E-state index in [4.69, 9.17) is 17.3 Å². The fraction of sp³-hybridized carbons (Fsp3) is 0.